The van der Waals surface area contributed by atoms with Crippen LogP contribution < -0.4 is 10.6 Å². The van der Waals surface area contributed by atoms with E-state index in [1.165, 1.54) is 24.4 Å². The molecule has 2 aliphatic rings. The minimum atomic E-state index is 0.294. The third-order valence-corrected chi connectivity index (χ3v) is 8.05. The molecule has 0 unspecified atom stereocenters. The van der Waals surface area contributed by atoms with Gasteiger partial charge in [-0.2, -0.15) is 9.36 Å². The molecule has 30 heavy (non-hydrogen) atoms. The molecule has 9 heteroatoms. The zero-order valence-electron chi connectivity index (χ0n) is 17.5. The van der Waals surface area contributed by atoms with Crippen LogP contribution in [0.15, 0.2) is 17.5 Å². The Morgan fingerprint density at radius 1 is 1.20 bits per heavy atom. The fraction of sp³-hybridized carbons (Fsp3) is 0.571. The number of aromatic nitrogens is 3. The molecule has 160 valence electrons. The maximum Gasteiger partial charge on any atom is 0.230 e. The second-order valence-corrected chi connectivity index (χ2v) is 10.2. The van der Waals surface area contributed by atoms with Gasteiger partial charge in [-0.25, -0.2) is 4.98 Å². The molecule has 1 saturated heterocycles. The average Bonchev–Trinajstić information content (AvgIpc) is 3.39. The molecule has 0 atom stereocenters. The van der Waals surface area contributed by atoms with Crippen molar-refractivity contribution in [2.75, 3.05) is 36.9 Å². The van der Waals surface area contributed by atoms with Gasteiger partial charge >= 0.3 is 0 Å². The molecule has 3 aromatic heterocycles. The van der Waals surface area contributed by atoms with Gasteiger partial charge in [0.15, 0.2) is 0 Å². The maximum absolute atomic E-state index is 5.55. The number of nitrogens with zero attached hydrogens (tertiary/aromatic N) is 4. The molecular formula is C21H28N6OS2. The van der Waals surface area contributed by atoms with Gasteiger partial charge < -0.3 is 15.4 Å². The Hall–Kier alpha value is -1.81. The van der Waals surface area contributed by atoms with Crippen molar-refractivity contribution < 1.29 is 4.74 Å². The molecule has 1 aliphatic heterocycles. The Labute approximate surface area is 185 Å². The standard InChI is InChI=1S/C21H28N6OS2/c1-14-13-17(30-26-14)24-20-23-16-5-12-29-18(16)19(25-20)22-15-3-6-21(2,7-4-15)27-8-10-28-11-9-27/h5,12-13,15H,3-4,6-11H2,1-2H3,(H2,22,23,24,25). The zero-order valence-corrected chi connectivity index (χ0v) is 19.1. The molecule has 0 amide bonds. The van der Waals surface area contributed by atoms with Crippen LogP contribution >= 0.6 is 22.9 Å². The summed E-state index contributed by atoms with van der Waals surface area (Å²) in [6, 6.07) is 4.52. The van der Waals surface area contributed by atoms with Crippen LogP contribution in [-0.2, 0) is 4.74 Å². The van der Waals surface area contributed by atoms with E-state index in [1.54, 1.807) is 11.3 Å². The zero-order chi connectivity index (χ0) is 20.6. The van der Waals surface area contributed by atoms with Crippen LogP contribution in [0.1, 0.15) is 38.3 Å². The van der Waals surface area contributed by atoms with Crippen LogP contribution in [0.5, 0.6) is 0 Å². The summed E-state index contributed by atoms with van der Waals surface area (Å²) in [5.41, 5.74) is 2.28. The summed E-state index contributed by atoms with van der Waals surface area (Å²) in [5, 5.41) is 10.1. The summed E-state index contributed by atoms with van der Waals surface area (Å²) in [6.45, 7) is 8.26. The summed E-state index contributed by atoms with van der Waals surface area (Å²) in [4.78, 5) is 12.1. The number of thiophene rings is 1. The maximum atomic E-state index is 5.55. The normalized spacial score (nSPS) is 25.5. The van der Waals surface area contributed by atoms with Crippen molar-refractivity contribution in [2.45, 2.75) is 51.1 Å². The molecule has 0 aromatic carbocycles. The average molecular weight is 445 g/mol. The van der Waals surface area contributed by atoms with Crippen LogP contribution in [0.25, 0.3) is 10.2 Å². The van der Waals surface area contributed by atoms with Gasteiger partial charge in [-0.05, 0) is 68.6 Å². The fourth-order valence-electron chi connectivity index (χ4n) is 4.55. The highest BCUT2D eigenvalue weighted by Gasteiger charge is 2.37. The van der Waals surface area contributed by atoms with Crippen molar-refractivity contribution in [3.63, 3.8) is 0 Å². The van der Waals surface area contributed by atoms with E-state index in [9.17, 15) is 0 Å². The summed E-state index contributed by atoms with van der Waals surface area (Å²) in [6.07, 6.45) is 4.71. The highest BCUT2D eigenvalue weighted by atomic mass is 32.1. The van der Waals surface area contributed by atoms with Gasteiger partial charge in [0.2, 0.25) is 5.95 Å². The van der Waals surface area contributed by atoms with Crippen LogP contribution in [0, 0.1) is 6.92 Å². The summed E-state index contributed by atoms with van der Waals surface area (Å²) < 4.78 is 11.0. The van der Waals surface area contributed by atoms with Crippen LogP contribution in [0.2, 0.25) is 0 Å². The molecular weight excluding hydrogens is 416 g/mol. The van der Waals surface area contributed by atoms with E-state index in [0.29, 0.717) is 17.5 Å². The third-order valence-electron chi connectivity index (χ3n) is 6.34. The minimum absolute atomic E-state index is 0.294. The first-order chi connectivity index (χ1) is 14.6. The van der Waals surface area contributed by atoms with Gasteiger partial charge in [-0.15, -0.1) is 11.3 Å². The van der Waals surface area contributed by atoms with Crippen LogP contribution in [-0.4, -0.2) is 57.1 Å². The van der Waals surface area contributed by atoms with E-state index < -0.39 is 0 Å². The summed E-state index contributed by atoms with van der Waals surface area (Å²) >= 11 is 3.13. The molecule has 4 heterocycles. The van der Waals surface area contributed by atoms with Crippen molar-refractivity contribution >= 4 is 49.9 Å². The van der Waals surface area contributed by atoms with Gasteiger partial charge in [0.05, 0.1) is 29.1 Å². The molecule has 2 N–H and O–H groups in total. The van der Waals surface area contributed by atoms with Crippen molar-refractivity contribution in [3.05, 3.63) is 23.2 Å². The third kappa shape index (κ3) is 4.16. The Morgan fingerprint density at radius 3 is 2.73 bits per heavy atom. The van der Waals surface area contributed by atoms with E-state index >= 15 is 0 Å². The van der Waals surface area contributed by atoms with Crippen molar-refractivity contribution in [3.8, 4) is 0 Å². The summed E-state index contributed by atoms with van der Waals surface area (Å²) in [7, 11) is 0. The van der Waals surface area contributed by atoms with Gasteiger partial charge in [0.25, 0.3) is 0 Å². The monoisotopic (exact) mass is 444 g/mol. The molecule has 1 aliphatic carbocycles. The molecule has 0 spiro atoms. The molecule has 0 bridgehead atoms. The van der Waals surface area contributed by atoms with Crippen molar-refractivity contribution in [1.29, 1.82) is 0 Å². The van der Waals surface area contributed by atoms with E-state index in [-0.39, 0.29) is 0 Å². The number of rotatable bonds is 5. The Morgan fingerprint density at radius 2 is 2.00 bits per heavy atom. The van der Waals surface area contributed by atoms with Crippen LogP contribution in [0.4, 0.5) is 16.8 Å². The smallest absolute Gasteiger partial charge is 0.230 e. The lowest BCUT2D eigenvalue weighted by Gasteiger charge is -2.47. The van der Waals surface area contributed by atoms with Gasteiger partial charge in [0, 0.05) is 24.7 Å². The molecule has 2 fully saturated rings. The first kappa shape index (κ1) is 20.1. The first-order valence-corrected chi connectivity index (χ1v) is 12.3. The van der Waals surface area contributed by atoms with Crippen molar-refractivity contribution in [1.82, 2.24) is 19.2 Å². The van der Waals surface area contributed by atoms with E-state index in [2.05, 4.69) is 43.3 Å². The number of hydrogen-bond acceptors (Lipinski definition) is 9. The number of aryl methyl sites for hydroxylation is 1. The molecule has 5 rings (SSSR count). The largest absolute Gasteiger partial charge is 0.379 e. The lowest BCUT2D eigenvalue weighted by molar-refractivity contribution is -0.0305. The van der Waals surface area contributed by atoms with Gasteiger partial charge in [-0.3, -0.25) is 4.90 Å². The van der Waals surface area contributed by atoms with Gasteiger partial charge in [-0.1, -0.05) is 0 Å². The quantitative estimate of drug-likeness (QED) is 0.593. The molecule has 3 aromatic rings. The Kier molecular flexibility index (Phi) is 5.61. The molecule has 0 radical (unpaired) electrons. The first-order valence-electron chi connectivity index (χ1n) is 10.6. The number of fused-ring (bicyclic) bond motifs is 1. The lowest BCUT2D eigenvalue weighted by atomic mass is 9.79. The second-order valence-electron chi connectivity index (χ2n) is 8.50. The van der Waals surface area contributed by atoms with Gasteiger partial charge in [0.1, 0.15) is 10.8 Å². The summed E-state index contributed by atoms with van der Waals surface area (Å²) in [5.74, 6) is 1.57. The number of hydrogen-bond donors (Lipinski definition) is 2. The van der Waals surface area contributed by atoms with E-state index in [0.717, 1.165) is 65.9 Å². The fourth-order valence-corrected chi connectivity index (χ4v) is 5.99. The second kappa shape index (κ2) is 8.37. The lowest BCUT2D eigenvalue weighted by Crippen LogP contribution is -2.54. The molecule has 1 saturated carbocycles. The Balaban J connectivity index is 1.30. The predicted octanol–water partition coefficient (Wildman–Crippen LogP) is 4.65. The number of morpholine rings is 1. The number of anilines is 3. The van der Waals surface area contributed by atoms with Crippen molar-refractivity contribution in [2.24, 2.45) is 0 Å². The minimum Gasteiger partial charge on any atom is -0.379 e. The van der Waals surface area contributed by atoms with Crippen LogP contribution in [0.3, 0.4) is 0 Å². The van der Waals surface area contributed by atoms with E-state index in [1.807, 2.05) is 13.0 Å². The number of ether oxygens (including phenoxy) is 1. The highest BCUT2D eigenvalue weighted by Crippen LogP contribution is 2.36. The Bertz CT molecular complexity index is 1000. The highest BCUT2D eigenvalue weighted by molar-refractivity contribution is 7.17. The molecule has 7 nitrogen and oxygen atoms in total. The topological polar surface area (TPSA) is 75.2 Å². The predicted molar refractivity (Wildman–Crippen MR) is 124 cm³/mol. The number of nitrogens with one attached hydrogen (secondary N) is 2. The van der Waals surface area contributed by atoms with E-state index in [4.69, 9.17) is 9.72 Å². The SMILES string of the molecule is Cc1cc(Nc2nc(NC3CCC(C)(N4CCOCC4)CC3)c3sccc3n2)sn1.